The molecule has 3 nitrogen and oxygen atoms in total. The summed E-state index contributed by atoms with van der Waals surface area (Å²) in [6, 6.07) is 7.96. The number of rotatable bonds is 3. The van der Waals surface area contributed by atoms with Crippen LogP contribution in [-0.2, 0) is 11.2 Å². The van der Waals surface area contributed by atoms with Crippen LogP contribution in [0, 0.1) is 0 Å². The molecule has 1 N–H and O–H groups in total. The summed E-state index contributed by atoms with van der Waals surface area (Å²) < 4.78 is 5.59. The molecule has 0 aliphatic carbocycles. The molecule has 0 saturated carbocycles. The van der Waals surface area contributed by atoms with Gasteiger partial charge < -0.3 is 10.1 Å². The monoisotopic (exact) mass is 177 g/mol. The van der Waals surface area contributed by atoms with Crippen molar-refractivity contribution in [3.05, 3.63) is 29.8 Å². The average molecular weight is 177 g/mol. The van der Waals surface area contributed by atoms with Crippen molar-refractivity contribution < 1.29 is 9.53 Å². The first-order chi connectivity index (χ1) is 6.40. The number of hydrogen-bond donors (Lipinski definition) is 1. The lowest BCUT2D eigenvalue weighted by Gasteiger charge is -2.08. The van der Waals surface area contributed by atoms with Gasteiger partial charge in [0.25, 0.3) is 0 Å². The van der Waals surface area contributed by atoms with Crippen LogP contribution in [0.5, 0.6) is 5.75 Å². The molecule has 1 amide bonds. The van der Waals surface area contributed by atoms with Crippen molar-refractivity contribution in [3.63, 3.8) is 0 Å². The summed E-state index contributed by atoms with van der Waals surface area (Å²) in [5.74, 6) is 0.945. The van der Waals surface area contributed by atoms with Crippen LogP contribution in [-0.4, -0.2) is 19.1 Å². The maximum atomic E-state index is 10.1. The molecule has 68 valence electrons. The van der Waals surface area contributed by atoms with Gasteiger partial charge in [-0.3, -0.25) is 4.79 Å². The first-order valence-corrected chi connectivity index (χ1v) is 4.32. The van der Waals surface area contributed by atoms with Crippen molar-refractivity contribution in [1.82, 2.24) is 5.32 Å². The van der Waals surface area contributed by atoms with Crippen LogP contribution in [0.15, 0.2) is 24.3 Å². The zero-order valence-corrected chi connectivity index (χ0v) is 7.19. The van der Waals surface area contributed by atoms with Crippen LogP contribution in [0.25, 0.3) is 0 Å². The zero-order valence-electron chi connectivity index (χ0n) is 7.19. The Balaban J connectivity index is 2.01. The number of amides is 1. The molecule has 0 spiro atoms. The summed E-state index contributed by atoms with van der Waals surface area (Å²) >= 11 is 0. The van der Waals surface area contributed by atoms with Crippen LogP contribution in [0.2, 0.25) is 0 Å². The van der Waals surface area contributed by atoms with E-state index in [9.17, 15) is 4.79 Å². The van der Waals surface area contributed by atoms with E-state index in [0.717, 1.165) is 12.2 Å². The first kappa shape index (κ1) is 8.10. The maximum absolute atomic E-state index is 10.1. The fourth-order valence-corrected chi connectivity index (χ4v) is 1.55. The molecule has 1 atom stereocenters. The molecule has 0 unspecified atom stereocenters. The van der Waals surface area contributed by atoms with E-state index in [1.807, 2.05) is 18.2 Å². The largest absolute Gasteiger partial charge is 0.488 e. The molecular formula is C10H11NO2. The molecule has 3 heteroatoms. The highest BCUT2D eigenvalue weighted by Crippen LogP contribution is 2.27. The second-order valence-corrected chi connectivity index (χ2v) is 3.08. The van der Waals surface area contributed by atoms with Gasteiger partial charge in [0.15, 0.2) is 0 Å². The Morgan fingerprint density at radius 2 is 2.38 bits per heavy atom. The van der Waals surface area contributed by atoms with Crippen molar-refractivity contribution in [2.45, 2.75) is 12.5 Å². The average Bonchev–Trinajstić information content (AvgIpc) is 2.57. The SMILES string of the molecule is O=CNC[C@H]1Cc2ccccc2O1. The van der Waals surface area contributed by atoms with Crippen molar-refractivity contribution in [2.24, 2.45) is 0 Å². The van der Waals surface area contributed by atoms with Crippen LogP contribution >= 0.6 is 0 Å². The van der Waals surface area contributed by atoms with Gasteiger partial charge in [0.2, 0.25) is 6.41 Å². The predicted molar refractivity (Wildman–Crippen MR) is 48.6 cm³/mol. The summed E-state index contributed by atoms with van der Waals surface area (Å²) in [5.41, 5.74) is 1.22. The molecule has 2 rings (SSSR count). The van der Waals surface area contributed by atoms with E-state index in [4.69, 9.17) is 4.74 Å². The number of hydrogen-bond acceptors (Lipinski definition) is 2. The predicted octanol–water partition coefficient (Wildman–Crippen LogP) is 0.736. The summed E-state index contributed by atoms with van der Waals surface area (Å²) in [7, 11) is 0. The minimum Gasteiger partial charge on any atom is -0.488 e. The van der Waals surface area contributed by atoms with Crippen LogP contribution in [0.1, 0.15) is 5.56 Å². The Morgan fingerprint density at radius 3 is 3.15 bits per heavy atom. The van der Waals surface area contributed by atoms with Gasteiger partial charge in [-0.1, -0.05) is 18.2 Å². The van der Waals surface area contributed by atoms with Gasteiger partial charge in [-0.2, -0.15) is 0 Å². The number of carbonyl (C=O) groups is 1. The van der Waals surface area contributed by atoms with Gasteiger partial charge in [-0.15, -0.1) is 0 Å². The third kappa shape index (κ3) is 1.64. The number of carbonyl (C=O) groups excluding carboxylic acids is 1. The summed E-state index contributed by atoms with van der Waals surface area (Å²) in [5, 5.41) is 2.62. The molecule has 1 aromatic carbocycles. The van der Waals surface area contributed by atoms with E-state index in [1.165, 1.54) is 5.56 Å². The van der Waals surface area contributed by atoms with E-state index >= 15 is 0 Å². The highest BCUT2D eigenvalue weighted by Gasteiger charge is 2.21. The van der Waals surface area contributed by atoms with Gasteiger partial charge in [0.1, 0.15) is 11.9 Å². The minimum absolute atomic E-state index is 0.0996. The topological polar surface area (TPSA) is 38.3 Å². The normalized spacial score (nSPS) is 18.9. The lowest BCUT2D eigenvalue weighted by molar-refractivity contribution is -0.109. The minimum atomic E-state index is 0.0996. The number of para-hydroxylation sites is 1. The summed E-state index contributed by atoms with van der Waals surface area (Å²) in [6.45, 7) is 0.582. The molecule has 1 aliphatic rings. The fraction of sp³-hybridized carbons (Fsp3) is 0.300. The third-order valence-electron chi connectivity index (χ3n) is 2.14. The highest BCUT2D eigenvalue weighted by atomic mass is 16.5. The molecule has 1 aromatic rings. The van der Waals surface area contributed by atoms with Crippen molar-refractivity contribution >= 4 is 6.41 Å². The van der Waals surface area contributed by atoms with Crippen molar-refractivity contribution in [3.8, 4) is 5.75 Å². The van der Waals surface area contributed by atoms with Crippen molar-refractivity contribution in [2.75, 3.05) is 6.54 Å². The molecular weight excluding hydrogens is 166 g/mol. The van der Waals surface area contributed by atoms with E-state index in [1.54, 1.807) is 0 Å². The molecule has 0 bridgehead atoms. The van der Waals surface area contributed by atoms with Crippen LogP contribution < -0.4 is 10.1 Å². The van der Waals surface area contributed by atoms with E-state index in [0.29, 0.717) is 13.0 Å². The number of ether oxygens (including phenoxy) is 1. The van der Waals surface area contributed by atoms with Gasteiger partial charge in [0.05, 0.1) is 6.54 Å². The Kier molecular flexibility index (Phi) is 2.17. The smallest absolute Gasteiger partial charge is 0.207 e. The molecule has 0 fully saturated rings. The van der Waals surface area contributed by atoms with Gasteiger partial charge in [0, 0.05) is 6.42 Å². The molecule has 13 heavy (non-hydrogen) atoms. The number of benzene rings is 1. The zero-order chi connectivity index (χ0) is 9.10. The van der Waals surface area contributed by atoms with E-state index in [-0.39, 0.29) is 6.10 Å². The molecule has 1 heterocycles. The van der Waals surface area contributed by atoms with E-state index < -0.39 is 0 Å². The number of fused-ring (bicyclic) bond motifs is 1. The molecule has 0 aromatic heterocycles. The first-order valence-electron chi connectivity index (χ1n) is 4.32. The lowest BCUT2D eigenvalue weighted by Crippen LogP contribution is -2.28. The standard InChI is InChI=1S/C10H11NO2/c12-7-11-6-9-5-8-3-1-2-4-10(8)13-9/h1-4,7,9H,5-6H2,(H,11,12)/t9-/m1/s1. The van der Waals surface area contributed by atoms with Gasteiger partial charge >= 0.3 is 0 Å². The van der Waals surface area contributed by atoms with Crippen LogP contribution in [0.4, 0.5) is 0 Å². The molecule has 0 radical (unpaired) electrons. The molecule has 1 aliphatic heterocycles. The Labute approximate surface area is 76.7 Å². The van der Waals surface area contributed by atoms with Crippen LogP contribution in [0.3, 0.4) is 0 Å². The number of nitrogens with one attached hydrogen (secondary N) is 1. The van der Waals surface area contributed by atoms with E-state index in [2.05, 4.69) is 11.4 Å². The summed E-state index contributed by atoms with van der Waals surface area (Å²) in [6.07, 6.45) is 1.69. The Bertz CT molecular complexity index is 287. The third-order valence-corrected chi connectivity index (χ3v) is 2.14. The lowest BCUT2D eigenvalue weighted by atomic mass is 10.1. The highest BCUT2D eigenvalue weighted by molar-refractivity contribution is 5.46. The second kappa shape index (κ2) is 3.47. The Morgan fingerprint density at radius 1 is 1.54 bits per heavy atom. The second-order valence-electron chi connectivity index (χ2n) is 3.08. The molecule has 0 saturated heterocycles. The summed E-state index contributed by atoms with van der Waals surface area (Å²) in [4.78, 5) is 10.1. The van der Waals surface area contributed by atoms with Gasteiger partial charge in [-0.25, -0.2) is 0 Å². The maximum Gasteiger partial charge on any atom is 0.207 e. The fourth-order valence-electron chi connectivity index (χ4n) is 1.55. The quantitative estimate of drug-likeness (QED) is 0.691. The van der Waals surface area contributed by atoms with Gasteiger partial charge in [-0.05, 0) is 11.6 Å². The Hall–Kier alpha value is -1.51. The van der Waals surface area contributed by atoms with Crippen molar-refractivity contribution in [1.29, 1.82) is 0 Å².